The van der Waals surface area contributed by atoms with Crippen LogP contribution >= 0.6 is 0 Å². The number of nitrogens with one attached hydrogen (secondary N) is 1. The smallest absolute Gasteiger partial charge is 0.0590 e. The van der Waals surface area contributed by atoms with Crippen molar-refractivity contribution in [2.75, 3.05) is 19.8 Å². The zero-order valence-electron chi connectivity index (χ0n) is 10.8. The fraction of sp³-hybridized carbons (Fsp3) is 1.00. The maximum atomic E-state index is 5.34. The molecule has 2 nitrogen and oxygen atoms in total. The Balaban J connectivity index is 2.23. The van der Waals surface area contributed by atoms with Crippen LogP contribution in [-0.2, 0) is 4.74 Å². The molecule has 0 aromatic carbocycles. The second-order valence-electron chi connectivity index (χ2n) is 5.76. The molecular weight excluding hydrogens is 186 g/mol. The zero-order valence-corrected chi connectivity index (χ0v) is 10.8. The van der Waals surface area contributed by atoms with Gasteiger partial charge in [-0.25, -0.2) is 0 Å². The third-order valence-corrected chi connectivity index (χ3v) is 3.27. The van der Waals surface area contributed by atoms with Crippen LogP contribution in [0.4, 0.5) is 0 Å². The Kier molecular flexibility index (Phi) is 5.07. The van der Waals surface area contributed by atoms with Crippen molar-refractivity contribution in [3.8, 4) is 0 Å². The summed E-state index contributed by atoms with van der Waals surface area (Å²) in [5.41, 5.74) is 0.515. The lowest BCUT2D eigenvalue weighted by Crippen LogP contribution is -2.41. The average Bonchev–Trinajstić information content (AvgIpc) is 2.09. The molecule has 15 heavy (non-hydrogen) atoms. The number of hydrogen-bond donors (Lipinski definition) is 1. The van der Waals surface area contributed by atoms with Crippen LogP contribution in [0.3, 0.4) is 0 Å². The lowest BCUT2D eigenvalue weighted by Gasteiger charge is -2.39. The van der Waals surface area contributed by atoms with Gasteiger partial charge in [0.15, 0.2) is 0 Å². The maximum Gasteiger partial charge on any atom is 0.0590 e. The third-order valence-electron chi connectivity index (χ3n) is 3.27. The van der Waals surface area contributed by atoms with Gasteiger partial charge in [-0.05, 0) is 37.5 Å². The molecule has 0 radical (unpaired) electrons. The summed E-state index contributed by atoms with van der Waals surface area (Å²) in [4.78, 5) is 0. The van der Waals surface area contributed by atoms with Crippen LogP contribution in [0, 0.1) is 11.3 Å². The molecule has 0 aromatic heterocycles. The number of rotatable bonds is 5. The van der Waals surface area contributed by atoms with E-state index in [9.17, 15) is 0 Å². The minimum atomic E-state index is 0.515. The van der Waals surface area contributed by atoms with Crippen molar-refractivity contribution in [2.45, 2.75) is 53.0 Å². The van der Waals surface area contributed by atoms with Gasteiger partial charge < -0.3 is 10.1 Å². The first-order valence-electron chi connectivity index (χ1n) is 6.34. The minimum Gasteiger partial charge on any atom is -0.380 e. The van der Waals surface area contributed by atoms with Crippen LogP contribution in [0.1, 0.15) is 47.0 Å². The fourth-order valence-electron chi connectivity index (χ4n) is 2.98. The summed E-state index contributed by atoms with van der Waals surface area (Å²) in [6.45, 7) is 11.9. The first kappa shape index (κ1) is 13.0. The summed E-state index contributed by atoms with van der Waals surface area (Å²) in [5.74, 6) is 0.860. The molecule has 0 saturated heterocycles. The van der Waals surface area contributed by atoms with Gasteiger partial charge in [0.25, 0.3) is 0 Å². The highest BCUT2D eigenvalue weighted by molar-refractivity contribution is 4.86. The van der Waals surface area contributed by atoms with Crippen molar-refractivity contribution in [3.63, 3.8) is 0 Å². The molecule has 0 spiro atoms. The van der Waals surface area contributed by atoms with Crippen LogP contribution in [0.2, 0.25) is 0 Å². The quantitative estimate of drug-likeness (QED) is 0.709. The van der Waals surface area contributed by atoms with Crippen molar-refractivity contribution in [1.82, 2.24) is 5.32 Å². The summed E-state index contributed by atoms with van der Waals surface area (Å²) in [7, 11) is 0. The normalized spacial score (nSPS) is 30.4. The van der Waals surface area contributed by atoms with Crippen LogP contribution in [-0.4, -0.2) is 25.8 Å². The van der Waals surface area contributed by atoms with E-state index in [2.05, 4.69) is 26.1 Å². The fourth-order valence-corrected chi connectivity index (χ4v) is 2.98. The van der Waals surface area contributed by atoms with E-state index in [4.69, 9.17) is 4.74 Å². The summed E-state index contributed by atoms with van der Waals surface area (Å²) >= 11 is 0. The predicted octanol–water partition coefficient (Wildman–Crippen LogP) is 2.83. The summed E-state index contributed by atoms with van der Waals surface area (Å²) in [5, 5.41) is 3.62. The Hall–Kier alpha value is -0.0800. The van der Waals surface area contributed by atoms with Gasteiger partial charge >= 0.3 is 0 Å². The van der Waals surface area contributed by atoms with Gasteiger partial charge in [-0.15, -0.1) is 0 Å². The lowest BCUT2D eigenvalue weighted by atomic mass is 9.70. The Morgan fingerprint density at radius 3 is 2.67 bits per heavy atom. The second-order valence-corrected chi connectivity index (χ2v) is 5.76. The molecule has 1 N–H and O–H groups in total. The monoisotopic (exact) mass is 213 g/mol. The minimum absolute atomic E-state index is 0.515. The van der Waals surface area contributed by atoms with E-state index >= 15 is 0 Å². The molecule has 0 aliphatic heterocycles. The van der Waals surface area contributed by atoms with Crippen molar-refractivity contribution >= 4 is 0 Å². The van der Waals surface area contributed by atoms with Crippen LogP contribution < -0.4 is 5.32 Å². The summed E-state index contributed by atoms with van der Waals surface area (Å²) in [6.07, 6.45) is 4.01. The summed E-state index contributed by atoms with van der Waals surface area (Å²) in [6, 6.07) is 0.698. The average molecular weight is 213 g/mol. The van der Waals surface area contributed by atoms with E-state index < -0.39 is 0 Å². The maximum absolute atomic E-state index is 5.34. The van der Waals surface area contributed by atoms with Gasteiger partial charge in [-0.3, -0.25) is 0 Å². The Labute approximate surface area is 94.8 Å². The van der Waals surface area contributed by atoms with E-state index in [0.29, 0.717) is 11.5 Å². The molecule has 90 valence electrons. The predicted molar refractivity (Wildman–Crippen MR) is 65.1 cm³/mol. The highest BCUT2D eigenvalue weighted by Gasteiger charge is 2.31. The van der Waals surface area contributed by atoms with Gasteiger partial charge in [0.2, 0.25) is 0 Å². The van der Waals surface area contributed by atoms with Crippen molar-refractivity contribution in [2.24, 2.45) is 11.3 Å². The molecule has 0 aromatic rings. The SMILES string of the molecule is CCOCCNC1CC(C)CC(C)(C)C1. The molecular formula is C13H27NO. The van der Waals surface area contributed by atoms with Gasteiger partial charge in [0, 0.05) is 19.2 Å². The molecule has 2 atom stereocenters. The molecule has 2 heteroatoms. The largest absolute Gasteiger partial charge is 0.380 e. The van der Waals surface area contributed by atoms with E-state index in [1.807, 2.05) is 6.92 Å². The molecule has 2 unspecified atom stereocenters. The highest BCUT2D eigenvalue weighted by atomic mass is 16.5. The Morgan fingerprint density at radius 2 is 2.07 bits per heavy atom. The van der Waals surface area contributed by atoms with Crippen molar-refractivity contribution in [1.29, 1.82) is 0 Å². The molecule has 0 amide bonds. The Bertz CT molecular complexity index is 179. The molecule has 1 aliphatic carbocycles. The Morgan fingerprint density at radius 1 is 1.33 bits per heavy atom. The first-order chi connectivity index (χ1) is 7.03. The number of hydrogen-bond acceptors (Lipinski definition) is 2. The molecule has 1 saturated carbocycles. The molecule has 1 rings (SSSR count). The number of ether oxygens (including phenoxy) is 1. The molecule has 0 heterocycles. The van der Waals surface area contributed by atoms with Gasteiger partial charge in [-0.2, -0.15) is 0 Å². The standard InChI is InChI=1S/C13H27NO/c1-5-15-7-6-14-12-8-11(2)9-13(3,4)10-12/h11-12,14H,5-10H2,1-4H3. The molecule has 1 fully saturated rings. The van der Waals surface area contributed by atoms with Crippen LogP contribution in [0.15, 0.2) is 0 Å². The van der Waals surface area contributed by atoms with Crippen LogP contribution in [0.5, 0.6) is 0 Å². The summed E-state index contributed by atoms with van der Waals surface area (Å²) < 4.78 is 5.34. The van der Waals surface area contributed by atoms with Crippen molar-refractivity contribution in [3.05, 3.63) is 0 Å². The van der Waals surface area contributed by atoms with Gasteiger partial charge in [-0.1, -0.05) is 20.8 Å². The second kappa shape index (κ2) is 5.86. The first-order valence-corrected chi connectivity index (χ1v) is 6.34. The highest BCUT2D eigenvalue weighted by Crippen LogP contribution is 2.38. The lowest BCUT2D eigenvalue weighted by molar-refractivity contribution is 0.123. The van der Waals surface area contributed by atoms with E-state index in [0.717, 1.165) is 25.7 Å². The van der Waals surface area contributed by atoms with E-state index in [-0.39, 0.29) is 0 Å². The van der Waals surface area contributed by atoms with Crippen LogP contribution in [0.25, 0.3) is 0 Å². The van der Waals surface area contributed by atoms with Crippen molar-refractivity contribution < 1.29 is 4.74 Å². The molecule has 1 aliphatic rings. The topological polar surface area (TPSA) is 21.3 Å². The van der Waals surface area contributed by atoms with E-state index in [1.165, 1.54) is 19.3 Å². The zero-order chi connectivity index (χ0) is 11.3. The van der Waals surface area contributed by atoms with Gasteiger partial charge in [0.1, 0.15) is 0 Å². The third kappa shape index (κ3) is 4.98. The van der Waals surface area contributed by atoms with Gasteiger partial charge in [0.05, 0.1) is 6.61 Å². The molecule has 0 bridgehead atoms. The van der Waals surface area contributed by atoms with E-state index in [1.54, 1.807) is 0 Å².